The van der Waals surface area contributed by atoms with Crippen molar-refractivity contribution in [2.75, 3.05) is 5.06 Å². The SMILES string of the molecule is CC(=O)Oc1ccccc1C(=O)N(O)c1ccccc1. The van der Waals surface area contributed by atoms with E-state index < -0.39 is 11.9 Å². The number of hydrogen-bond acceptors (Lipinski definition) is 4. The molecule has 0 atom stereocenters. The van der Waals surface area contributed by atoms with Gasteiger partial charge in [0.05, 0.1) is 11.3 Å². The molecule has 1 N–H and O–H groups in total. The molecular weight excluding hydrogens is 258 g/mol. The number of benzene rings is 2. The number of anilines is 1. The molecule has 0 aliphatic carbocycles. The Kier molecular flexibility index (Phi) is 4.12. The van der Waals surface area contributed by atoms with Crippen LogP contribution in [0.15, 0.2) is 54.6 Å². The topological polar surface area (TPSA) is 66.8 Å². The first-order valence-electron chi connectivity index (χ1n) is 5.95. The van der Waals surface area contributed by atoms with Crippen molar-refractivity contribution in [1.82, 2.24) is 0 Å². The zero-order valence-corrected chi connectivity index (χ0v) is 10.8. The summed E-state index contributed by atoms with van der Waals surface area (Å²) in [4.78, 5) is 23.3. The van der Waals surface area contributed by atoms with Gasteiger partial charge >= 0.3 is 5.97 Å². The van der Waals surface area contributed by atoms with Gasteiger partial charge in [0.2, 0.25) is 0 Å². The first kappa shape index (κ1) is 13.8. The standard InChI is InChI=1S/C15H13NO4/c1-11(17)20-14-10-6-5-9-13(14)15(18)16(19)12-7-3-2-4-8-12/h2-10,19H,1H3. The van der Waals surface area contributed by atoms with Crippen LogP contribution in [0.3, 0.4) is 0 Å². The Labute approximate surface area is 116 Å². The monoisotopic (exact) mass is 271 g/mol. The molecule has 0 spiro atoms. The van der Waals surface area contributed by atoms with E-state index in [0.29, 0.717) is 10.8 Å². The molecule has 102 valence electrons. The highest BCUT2D eigenvalue weighted by Gasteiger charge is 2.20. The Morgan fingerprint density at radius 3 is 2.25 bits per heavy atom. The minimum atomic E-state index is -0.673. The summed E-state index contributed by atoms with van der Waals surface area (Å²) in [6.45, 7) is 1.25. The number of esters is 1. The van der Waals surface area contributed by atoms with Crippen LogP contribution in [0, 0.1) is 0 Å². The summed E-state index contributed by atoms with van der Waals surface area (Å²) in [5.41, 5.74) is 0.434. The first-order valence-corrected chi connectivity index (χ1v) is 5.95. The van der Waals surface area contributed by atoms with E-state index >= 15 is 0 Å². The smallest absolute Gasteiger partial charge is 0.308 e. The lowest BCUT2D eigenvalue weighted by Gasteiger charge is -2.16. The number of carbonyl (C=O) groups is 2. The van der Waals surface area contributed by atoms with Gasteiger partial charge in [0, 0.05) is 6.92 Å². The van der Waals surface area contributed by atoms with Crippen LogP contribution in [0.1, 0.15) is 17.3 Å². The van der Waals surface area contributed by atoms with Crippen molar-refractivity contribution < 1.29 is 19.5 Å². The van der Waals surface area contributed by atoms with E-state index in [-0.39, 0.29) is 11.3 Å². The maximum atomic E-state index is 12.2. The second-order valence-corrected chi connectivity index (χ2v) is 4.04. The molecule has 0 aromatic heterocycles. The number of hydrogen-bond donors (Lipinski definition) is 1. The molecule has 0 bridgehead atoms. The molecule has 5 nitrogen and oxygen atoms in total. The van der Waals surface area contributed by atoms with E-state index in [0.717, 1.165) is 0 Å². The highest BCUT2D eigenvalue weighted by molar-refractivity contribution is 6.06. The van der Waals surface area contributed by atoms with Gasteiger partial charge in [-0.15, -0.1) is 0 Å². The summed E-state index contributed by atoms with van der Waals surface area (Å²) < 4.78 is 4.95. The van der Waals surface area contributed by atoms with Crippen molar-refractivity contribution in [2.45, 2.75) is 6.92 Å². The van der Waals surface area contributed by atoms with Gasteiger partial charge in [0.1, 0.15) is 5.75 Å². The molecule has 0 heterocycles. The second-order valence-electron chi connectivity index (χ2n) is 4.04. The highest BCUT2D eigenvalue weighted by atomic mass is 16.5. The molecule has 0 saturated carbocycles. The fraction of sp³-hybridized carbons (Fsp3) is 0.0667. The van der Waals surface area contributed by atoms with Gasteiger partial charge < -0.3 is 4.74 Å². The molecular formula is C15H13NO4. The van der Waals surface area contributed by atoms with Crippen LogP contribution in [0.2, 0.25) is 0 Å². The van der Waals surface area contributed by atoms with E-state index in [2.05, 4.69) is 0 Å². The molecule has 2 aromatic carbocycles. The lowest BCUT2D eigenvalue weighted by Crippen LogP contribution is -2.27. The summed E-state index contributed by atoms with van der Waals surface area (Å²) in [6, 6.07) is 14.6. The van der Waals surface area contributed by atoms with Crippen LogP contribution in [-0.4, -0.2) is 17.1 Å². The zero-order valence-electron chi connectivity index (χ0n) is 10.8. The molecule has 0 radical (unpaired) electrons. The average molecular weight is 271 g/mol. The first-order chi connectivity index (χ1) is 9.59. The third-order valence-electron chi connectivity index (χ3n) is 2.56. The van der Waals surface area contributed by atoms with Gasteiger partial charge in [-0.25, -0.2) is 0 Å². The van der Waals surface area contributed by atoms with E-state index in [1.807, 2.05) is 0 Å². The number of para-hydroxylation sites is 2. The molecule has 0 saturated heterocycles. The maximum Gasteiger partial charge on any atom is 0.308 e. The van der Waals surface area contributed by atoms with Gasteiger partial charge in [-0.1, -0.05) is 30.3 Å². The van der Waals surface area contributed by atoms with E-state index in [1.165, 1.54) is 19.1 Å². The Morgan fingerprint density at radius 2 is 1.60 bits per heavy atom. The summed E-state index contributed by atoms with van der Waals surface area (Å²) >= 11 is 0. The van der Waals surface area contributed by atoms with Crippen molar-refractivity contribution in [3.63, 3.8) is 0 Å². The number of carbonyl (C=O) groups excluding carboxylic acids is 2. The molecule has 5 heteroatoms. The Balaban J connectivity index is 2.32. The Morgan fingerprint density at radius 1 is 1.00 bits per heavy atom. The molecule has 20 heavy (non-hydrogen) atoms. The molecule has 2 rings (SSSR count). The van der Waals surface area contributed by atoms with Crippen molar-refractivity contribution in [2.24, 2.45) is 0 Å². The van der Waals surface area contributed by atoms with Crippen LogP contribution in [0.25, 0.3) is 0 Å². The van der Waals surface area contributed by atoms with Crippen LogP contribution >= 0.6 is 0 Å². The van der Waals surface area contributed by atoms with E-state index in [1.54, 1.807) is 42.5 Å². The van der Waals surface area contributed by atoms with E-state index in [4.69, 9.17) is 4.74 Å². The molecule has 0 aliphatic heterocycles. The number of hydroxylamine groups is 1. The van der Waals surface area contributed by atoms with Gasteiger partial charge in [-0.2, -0.15) is 5.06 Å². The fourth-order valence-corrected chi connectivity index (χ4v) is 1.69. The van der Waals surface area contributed by atoms with Gasteiger partial charge in [0.25, 0.3) is 5.91 Å². The zero-order chi connectivity index (χ0) is 14.5. The normalized spacial score (nSPS) is 9.90. The van der Waals surface area contributed by atoms with Crippen LogP contribution in [-0.2, 0) is 4.79 Å². The summed E-state index contributed by atoms with van der Waals surface area (Å²) in [5.74, 6) is -1.09. The minimum absolute atomic E-state index is 0.106. The Hall–Kier alpha value is -2.66. The summed E-state index contributed by atoms with van der Waals surface area (Å²) in [5, 5.41) is 10.5. The van der Waals surface area contributed by atoms with Crippen molar-refractivity contribution in [3.05, 3.63) is 60.2 Å². The largest absolute Gasteiger partial charge is 0.426 e. The second kappa shape index (κ2) is 5.99. The Bertz CT molecular complexity index is 625. The third-order valence-corrected chi connectivity index (χ3v) is 2.56. The quantitative estimate of drug-likeness (QED) is 0.403. The maximum absolute atomic E-state index is 12.2. The summed E-state index contributed by atoms with van der Waals surface area (Å²) in [7, 11) is 0. The molecule has 2 aromatic rings. The van der Waals surface area contributed by atoms with Crippen molar-refractivity contribution in [3.8, 4) is 5.75 Å². The van der Waals surface area contributed by atoms with Gasteiger partial charge in [-0.05, 0) is 24.3 Å². The average Bonchev–Trinajstić information content (AvgIpc) is 2.46. The number of nitrogens with zero attached hydrogens (tertiary/aromatic N) is 1. The third kappa shape index (κ3) is 3.02. The number of ether oxygens (including phenoxy) is 1. The molecule has 0 fully saturated rings. The number of amides is 1. The predicted octanol–water partition coefficient (Wildman–Crippen LogP) is 2.65. The van der Waals surface area contributed by atoms with Gasteiger partial charge in [-0.3, -0.25) is 14.8 Å². The van der Waals surface area contributed by atoms with Crippen molar-refractivity contribution in [1.29, 1.82) is 0 Å². The fourth-order valence-electron chi connectivity index (χ4n) is 1.69. The van der Waals surface area contributed by atoms with Crippen LogP contribution < -0.4 is 9.80 Å². The van der Waals surface area contributed by atoms with Crippen LogP contribution in [0.4, 0.5) is 5.69 Å². The highest BCUT2D eigenvalue weighted by Crippen LogP contribution is 2.22. The van der Waals surface area contributed by atoms with Gasteiger partial charge in [0.15, 0.2) is 0 Å². The summed E-state index contributed by atoms with van der Waals surface area (Å²) in [6.07, 6.45) is 0. The lowest BCUT2D eigenvalue weighted by molar-refractivity contribution is -0.131. The minimum Gasteiger partial charge on any atom is -0.426 e. The molecule has 0 aliphatic rings. The lowest BCUT2D eigenvalue weighted by atomic mass is 10.1. The van der Waals surface area contributed by atoms with Crippen molar-refractivity contribution >= 4 is 17.6 Å². The van der Waals surface area contributed by atoms with Crippen LogP contribution in [0.5, 0.6) is 5.75 Å². The molecule has 0 unspecified atom stereocenters. The predicted molar refractivity (Wildman–Crippen MR) is 72.8 cm³/mol. The molecule has 1 amide bonds. The van der Waals surface area contributed by atoms with E-state index in [9.17, 15) is 14.8 Å². The number of rotatable bonds is 3.